The molecule has 1 aromatic heterocycles. The third-order valence-electron chi connectivity index (χ3n) is 4.94. The van der Waals surface area contributed by atoms with Crippen molar-refractivity contribution in [1.29, 1.82) is 0 Å². The van der Waals surface area contributed by atoms with E-state index in [4.69, 9.17) is 0 Å². The van der Waals surface area contributed by atoms with Crippen LogP contribution in [0.5, 0.6) is 0 Å². The molecule has 130 valence electrons. The predicted octanol–water partition coefficient (Wildman–Crippen LogP) is 3.19. The van der Waals surface area contributed by atoms with Crippen molar-refractivity contribution in [3.63, 3.8) is 0 Å². The van der Waals surface area contributed by atoms with Gasteiger partial charge in [0.15, 0.2) is 0 Å². The first-order chi connectivity index (χ1) is 11.6. The number of nitrogens with zero attached hydrogens (tertiary/aromatic N) is 1. The third kappa shape index (κ3) is 4.38. The third-order valence-corrected chi connectivity index (χ3v) is 4.94. The zero-order valence-electron chi connectivity index (χ0n) is 14.8. The molecule has 1 aromatic carbocycles. The van der Waals surface area contributed by atoms with Crippen molar-refractivity contribution in [2.45, 2.75) is 33.1 Å². The molecular formula is C20H29N3O. The number of aromatic amines is 1. The molecule has 1 aliphatic heterocycles. The summed E-state index contributed by atoms with van der Waals surface area (Å²) in [6, 6.07) is 8.12. The van der Waals surface area contributed by atoms with Crippen molar-refractivity contribution >= 4 is 16.8 Å². The number of nitrogens with one attached hydrogen (secondary N) is 2. The molecule has 4 heteroatoms. The Hall–Kier alpha value is -1.81. The predicted molar refractivity (Wildman–Crippen MR) is 99.0 cm³/mol. The second-order valence-corrected chi connectivity index (χ2v) is 7.45. The van der Waals surface area contributed by atoms with Crippen LogP contribution >= 0.6 is 0 Å². The summed E-state index contributed by atoms with van der Waals surface area (Å²) in [7, 11) is 0. The zero-order valence-corrected chi connectivity index (χ0v) is 14.8. The molecule has 0 spiro atoms. The van der Waals surface area contributed by atoms with E-state index in [1.807, 2.05) is 24.4 Å². The van der Waals surface area contributed by atoms with E-state index in [9.17, 15) is 4.79 Å². The smallest absolute Gasteiger partial charge is 0.224 e. The number of para-hydroxylation sites is 1. The standard InChI is InChI=1S/C20H29N3O/c1-15-10-16(2)14-23(13-15)9-5-8-21-20(24)11-17-12-22-19-7-4-3-6-18(17)19/h3-4,6-7,12,15-16,22H,5,8-11,13-14H2,1-2H3,(H,21,24). The molecule has 0 radical (unpaired) electrons. The summed E-state index contributed by atoms with van der Waals surface area (Å²) in [5.74, 6) is 1.70. The number of benzene rings is 1. The van der Waals surface area contributed by atoms with Gasteiger partial charge in [0.2, 0.25) is 5.91 Å². The van der Waals surface area contributed by atoms with Gasteiger partial charge in [0.1, 0.15) is 0 Å². The molecule has 1 aliphatic rings. The molecule has 24 heavy (non-hydrogen) atoms. The Morgan fingerprint density at radius 2 is 2.00 bits per heavy atom. The molecule has 0 aliphatic carbocycles. The summed E-state index contributed by atoms with van der Waals surface area (Å²) in [4.78, 5) is 17.9. The van der Waals surface area contributed by atoms with Crippen molar-refractivity contribution < 1.29 is 4.79 Å². The maximum Gasteiger partial charge on any atom is 0.224 e. The van der Waals surface area contributed by atoms with E-state index in [0.29, 0.717) is 6.42 Å². The largest absolute Gasteiger partial charge is 0.361 e. The van der Waals surface area contributed by atoms with Crippen LogP contribution < -0.4 is 5.32 Å². The normalized spacial score (nSPS) is 21.9. The number of aromatic nitrogens is 1. The fourth-order valence-corrected chi connectivity index (χ4v) is 4.02. The van der Waals surface area contributed by atoms with Crippen molar-refractivity contribution in [3.8, 4) is 0 Å². The van der Waals surface area contributed by atoms with Crippen LogP contribution in [0.1, 0.15) is 32.3 Å². The van der Waals surface area contributed by atoms with Gasteiger partial charge < -0.3 is 15.2 Å². The number of hydrogen-bond acceptors (Lipinski definition) is 2. The van der Waals surface area contributed by atoms with Gasteiger partial charge in [-0.15, -0.1) is 0 Å². The molecule has 2 unspecified atom stereocenters. The SMILES string of the molecule is CC1CC(C)CN(CCCNC(=O)Cc2c[nH]c3ccccc23)C1. The summed E-state index contributed by atoms with van der Waals surface area (Å²) >= 11 is 0. The van der Waals surface area contributed by atoms with Gasteiger partial charge in [-0.05, 0) is 42.9 Å². The molecule has 3 rings (SSSR count). The van der Waals surface area contributed by atoms with Crippen molar-refractivity contribution in [2.75, 3.05) is 26.2 Å². The van der Waals surface area contributed by atoms with E-state index < -0.39 is 0 Å². The van der Waals surface area contributed by atoms with Crippen LogP contribution in [-0.4, -0.2) is 42.0 Å². The molecule has 1 amide bonds. The van der Waals surface area contributed by atoms with Crippen molar-refractivity contribution in [2.24, 2.45) is 11.8 Å². The van der Waals surface area contributed by atoms with Gasteiger partial charge in [0, 0.05) is 36.7 Å². The Morgan fingerprint density at radius 3 is 2.79 bits per heavy atom. The second-order valence-electron chi connectivity index (χ2n) is 7.45. The minimum absolute atomic E-state index is 0.111. The number of carbonyl (C=O) groups is 1. The molecule has 0 saturated carbocycles. The van der Waals surface area contributed by atoms with Gasteiger partial charge >= 0.3 is 0 Å². The topological polar surface area (TPSA) is 48.1 Å². The fraction of sp³-hybridized carbons (Fsp3) is 0.550. The minimum Gasteiger partial charge on any atom is -0.361 e. The van der Waals surface area contributed by atoms with Gasteiger partial charge in [-0.1, -0.05) is 32.0 Å². The van der Waals surface area contributed by atoms with Crippen LogP contribution in [0.2, 0.25) is 0 Å². The lowest BCUT2D eigenvalue weighted by atomic mass is 9.92. The number of rotatable bonds is 6. The molecule has 2 aromatic rings. The lowest BCUT2D eigenvalue weighted by Crippen LogP contribution is -2.40. The number of piperidine rings is 1. The van der Waals surface area contributed by atoms with Gasteiger partial charge in [-0.2, -0.15) is 0 Å². The first-order valence-electron chi connectivity index (χ1n) is 9.16. The average Bonchev–Trinajstić information content (AvgIpc) is 2.94. The Bertz CT molecular complexity index is 668. The Morgan fingerprint density at radius 1 is 1.25 bits per heavy atom. The van der Waals surface area contributed by atoms with Crippen molar-refractivity contribution in [3.05, 3.63) is 36.0 Å². The summed E-state index contributed by atoms with van der Waals surface area (Å²) in [6.45, 7) is 8.93. The lowest BCUT2D eigenvalue weighted by Gasteiger charge is -2.34. The molecule has 2 heterocycles. The first kappa shape index (κ1) is 17.0. The zero-order chi connectivity index (χ0) is 16.9. The Labute approximate surface area is 144 Å². The number of fused-ring (bicyclic) bond motifs is 1. The average molecular weight is 327 g/mol. The fourth-order valence-electron chi connectivity index (χ4n) is 4.02. The van der Waals surface area contributed by atoms with E-state index in [-0.39, 0.29) is 5.91 Å². The van der Waals surface area contributed by atoms with E-state index >= 15 is 0 Å². The molecule has 0 bridgehead atoms. The van der Waals surface area contributed by atoms with Crippen LogP contribution in [0.25, 0.3) is 10.9 Å². The molecule has 2 N–H and O–H groups in total. The summed E-state index contributed by atoms with van der Waals surface area (Å²) in [5, 5.41) is 4.21. The van der Waals surface area contributed by atoms with Crippen molar-refractivity contribution in [1.82, 2.24) is 15.2 Å². The quantitative estimate of drug-likeness (QED) is 0.801. The van der Waals surface area contributed by atoms with E-state index in [1.165, 1.54) is 19.5 Å². The maximum absolute atomic E-state index is 12.2. The number of likely N-dealkylation sites (tertiary alicyclic amines) is 1. The van der Waals surface area contributed by atoms with Crippen LogP contribution in [0, 0.1) is 11.8 Å². The van der Waals surface area contributed by atoms with Gasteiger partial charge in [0.25, 0.3) is 0 Å². The van der Waals surface area contributed by atoms with Gasteiger partial charge in [-0.3, -0.25) is 4.79 Å². The monoisotopic (exact) mass is 327 g/mol. The highest BCUT2D eigenvalue weighted by Crippen LogP contribution is 2.21. The molecule has 1 fully saturated rings. The molecule has 4 nitrogen and oxygen atoms in total. The summed E-state index contributed by atoms with van der Waals surface area (Å²) < 4.78 is 0. The van der Waals surface area contributed by atoms with E-state index in [1.54, 1.807) is 0 Å². The van der Waals surface area contributed by atoms with E-state index in [2.05, 4.69) is 35.1 Å². The highest BCUT2D eigenvalue weighted by molar-refractivity contribution is 5.88. The number of hydrogen-bond donors (Lipinski definition) is 2. The maximum atomic E-state index is 12.2. The van der Waals surface area contributed by atoms with Gasteiger partial charge in [-0.25, -0.2) is 0 Å². The molecule has 2 atom stereocenters. The highest BCUT2D eigenvalue weighted by atomic mass is 16.1. The summed E-state index contributed by atoms with van der Waals surface area (Å²) in [6.07, 6.45) is 4.76. The number of carbonyl (C=O) groups excluding carboxylic acids is 1. The number of amides is 1. The molecule has 1 saturated heterocycles. The highest BCUT2D eigenvalue weighted by Gasteiger charge is 2.21. The van der Waals surface area contributed by atoms with Crippen LogP contribution in [0.4, 0.5) is 0 Å². The second kappa shape index (κ2) is 7.84. The minimum atomic E-state index is 0.111. The van der Waals surface area contributed by atoms with Crippen LogP contribution in [0.15, 0.2) is 30.5 Å². The van der Waals surface area contributed by atoms with Crippen LogP contribution in [0.3, 0.4) is 0 Å². The molecular weight excluding hydrogens is 298 g/mol. The lowest BCUT2D eigenvalue weighted by molar-refractivity contribution is -0.120. The Kier molecular flexibility index (Phi) is 5.56. The van der Waals surface area contributed by atoms with Crippen LogP contribution in [-0.2, 0) is 11.2 Å². The summed E-state index contributed by atoms with van der Waals surface area (Å²) in [5.41, 5.74) is 2.16. The first-order valence-corrected chi connectivity index (χ1v) is 9.16. The number of H-pyrrole nitrogens is 1. The van der Waals surface area contributed by atoms with Gasteiger partial charge in [0.05, 0.1) is 6.42 Å². The Balaban J connectivity index is 1.40. The van der Waals surface area contributed by atoms with E-state index in [0.717, 1.165) is 47.8 Å².